The van der Waals surface area contributed by atoms with Crippen molar-refractivity contribution < 1.29 is 19.1 Å². The zero-order chi connectivity index (χ0) is 17.0. The lowest BCUT2D eigenvalue weighted by molar-refractivity contribution is -0.146. The third-order valence-electron chi connectivity index (χ3n) is 4.43. The second kappa shape index (κ2) is 7.74. The van der Waals surface area contributed by atoms with Gasteiger partial charge in [-0.1, -0.05) is 13.3 Å². The van der Waals surface area contributed by atoms with Crippen molar-refractivity contribution in [2.75, 3.05) is 26.3 Å². The monoisotopic (exact) mass is 326 g/mol. The second-order valence-electron chi connectivity index (χ2n) is 5.96. The van der Waals surface area contributed by atoms with E-state index in [0.717, 1.165) is 12.8 Å². The summed E-state index contributed by atoms with van der Waals surface area (Å²) in [5.41, 5.74) is 6.18. The van der Waals surface area contributed by atoms with Gasteiger partial charge < -0.3 is 20.3 Å². The van der Waals surface area contributed by atoms with Crippen LogP contribution in [0.4, 0.5) is 4.79 Å². The number of urea groups is 1. The number of nitrogens with one attached hydrogen (secondary N) is 1. The van der Waals surface area contributed by atoms with E-state index in [1.807, 2.05) is 6.92 Å². The molecule has 3 N–H and O–H groups in total. The van der Waals surface area contributed by atoms with E-state index in [0.29, 0.717) is 32.7 Å². The van der Waals surface area contributed by atoms with Gasteiger partial charge in [-0.3, -0.25) is 14.9 Å². The van der Waals surface area contributed by atoms with Crippen LogP contribution >= 0.6 is 0 Å². The van der Waals surface area contributed by atoms with Gasteiger partial charge in [0.15, 0.2) is 0 Å². The van der Waals surface area contributed by atoms with E-state index >= 15 is 0 Å². The van der Waals surface area contributed by atoms with Crippen molar-refractivity contribution in [3.05, 3.63) is 0 Å². The Morgan fingerprint density at radius 1 is 1.43 bits per heavy atom. The molecule has 0 radical (unpaired) electrons. The fourth-order valence-electron chi connectivity index (χ4n) is 3.07. The summed E-state index contributed by atoms with van der Waals surface area (Å²) in [4.78, 5) is 39.9. The van der Waals surface area contributed by atoms with Gasteiger partial charge in [0, 0.05) is 19.7 Å². The molecule has 2 aliphatic heterocycles. The second-order valence-corrected chi connectivity index (χ2v) is 5.96. The number of carbonyl (C=O) groups excluding carboxylic acids is 3. The number of amides is 4. The van der Waals surface area contributed by atoms with E-state index in [9.17, 15) is 14.4 Å². The third kappa shape index (κ3) is 3.64. The number of nitrogens with zero attached hydrogens (tertiary/aromatic N) is 2. The van der Waals surface area contributed by atoms with Crippen LogP contribution < -0.4 is 11.1 Å². The molecule has 23 heavy (non-hydrogen) atoms. The van der Waals surface area contributed by atoms with E-state index < -0.39 is 24.1 Å². The van der Waals surface area contributed by atoms with Crippen molar-refractivity contribution in [1.29, 1.82) is 0 Å². The van der Waals surface area contributed by atoms with E-state index in [4.69, 9.17) is 10.5 Å². The number of imide groups is 1. The Labute approximate surface area is 136 Å². The van der Waals surface area contributed by atoms with E-state index in [1.54, 1.807) is 6.92 Å². The summed E-state index contributed by atoms with van der Waals surface area (Å²) in [5.74, 6) is -0.883. The van der Waals surface area contributed by atoms with Crippen molar-refractivity contribution in [3.8, 4) is 0 Å². The summed E-state index contributed by atoms with van der Waals surface area (Å²) in [7, 11) is 0. The standard InChI is InChI=1S/C15H26N4O4/c1-3-5-7-19-12(16)11(13(20)17-15(19)22)18(4-2)14(21)10-6-8-23-9-10/h10-12H,3-9,16H2,1-2H3,(H,17,20,22). The average molecular weight is 326 g/mol. The Morgan fingerprint density at radius 3 is 2.74 bits per heavy atom. The molecule has 3 atom stereocenters. The number of rotatable bonds is 6. The Kier molecular flexibility index (Phi) is 5.95. The molecular formula is C15H26N4O4. The number of ether oxygens (including phenoxy) is 1. The molecule has 2 fully saturated rings. The molecule has 2 heterocycles. The number of unbranched alkanes of at least 4 members (excludes halogenated alkanes) is 1. The van der Waals surface area contributed by atoms with E-state index in [1.165, 1.54) is 9.80 Å². The Hall–Kier alpha value is -1.67. The number of hydrogen-bond donors (Lipinski definition) is 2. The number of nitrogens with two attached hydrogens (primary N) is 1. The van der Waals surface area contributed by atoms with Crippen molar-refractivity contribution in [2.24, 2.45) is 11.7 Å². The van der Waals surface area contributed by atoms with Gasteiger partial charge in [0.1, 0.15) is 12.2 Å². The Balaban J connectivity index is 2.17. The first-order chi connectivity index (χ1) is 11.0. The van der Waals surface area contributed by atoms with Gasteiger partial charge in [-0.15, -0.1) is 0 Å². The zero-order valence-corrected chi connectivity index (χ0v) is 13.8. The van der Waals surface area contributed by atoms with Gasteiger partial charge in [-0.25, -0.2) is 4.79 Å². The first-order valence-electron chi connectivity index (χ1n) is 8.26. The molecule has 0 aromatic carbocycles. The molecule has 2 aliphatic rings. The molecule has 0 aromatic heterocycles. The van der Waals surface area contributed by atoms with Crippen LogP contribution in [0.5, 0.6) is 0 Å². The molecule has 3 unspecified atom stereocenters. The highest BCUT2D eigenvalue weighted by molar-refractivity contribution is 6.01. The first-order valence-corrected chi connectivity index (χ1v) is 8.26. The SMILES string of the molecule is CCCCN1C(=O)NC(=O)C(N(CC)C(=O)C2CCOC2)C1N. The van der Waals surface area contributed by atoms with Gasteiger partial charge >= 0.3 is 6.03 Å². The lowest BCUT2D eigenvalue weighted by atomic mass is 10.0. The predicted octanol–water partition coefficient (Wildman–Crippen LogP) is -0.123. The minimum Gasteiger partial charge on any atom is -0.381 e. The lowest BCUT2D eigenvalue weighted by Gasteiger charge is -2.43. The van der Waals surface area contributed by atoms with Gasteiger partial charge in [0.05, 0.1) is 12.5 Å². The highest BCUT2D eigenvalue weighted by Gasteiger charge is 2.45. The van der Waals surface area contributed by atoms with Gasteiger partial charge in [-0.2, -0.15) is 0 Å². The molecule has 0 aliphatic carbocycles. The minimum atomic E-state index is -0.859. The van der Waals surface area contributed by atoms with Crippen LogP contribution in [0.25, 0.3) is 0 Å². The number of likely N-dealkylation sites (N-methyl/N-ethyl adjacent to an activating group) is 1. The molecular weight excluding hydrogens is 300 g/mol. The summed E-state index contributed by atoms with van der Waals surface area (Å²) in [6.45, 7) is 5.57. The van der Waals surface area contributed by atoms with Crippen LogP contribution in [0.3, 0.4) is 0 Å². The summed E-state index contributed by atoms with van der Waals surface area (Å²) < 4.78 is 5.26. The highest BCUT2D eigenvalue weighted by atomic mass is 16.5. The van der Waals surface area contributed by atoms with Crippen molar-refractivity contribution >= 4 is 17.8 Å². The summed E-state index contributed by atoms with van der Waals surface area (Å²) >= 11 is 0. The van der Waals surface area contributed by atoms with Gasteiger partial charge in [0.2, 0.25) is 5.91 Å². The average Bonchev–Trinajstić information content (AvgIpc) is 3.05. The lowest BCUT2D eigenvalue weighted by Crippen LogP contribution is -2.71. The van der Waals surface area contributed by atoms with Gasteiger partial charge in [-0.05, 0) is 19.8 Å². The molecule has 0 bridgehead atoms. The van der Waals surface area contributed by atoms with Crippen LogP contribution in [-0.2, 0) is 14.3 Å². The molecule has 2 rings (SSSR count). The summed E-state index contributed by atoms with van der Waals surface area (Å²) in [6, 6.07) is -1.34. The quantitative estimate of drug-likeness (QED) is 0.708. The molecule has 0 aromatic rings. The third-order valence-corrected chi connectivity index (χ3v) is 4.43. The van der Waals surface area contributed by atoms with Crippen molar-refractivity contribution in [1.82, 2.24) is 15.1 Å². The predicted molar refractivity (Wildman–Crippen MR) is 83.2 cm³/mol. The number of hydrogen-bond acceptors (Lipinski definition) is 5. The molecule has 0 saturated carbocycles. The molecule has 8 nitrogen and oxygen atoms in total. The maximum absolute atomic E-state index is 12.7. The van der Waals surface area contributed by atoms with Crippen molar-refractivity contribution in [3.63, 3.8) is 0 Å². The van der Waals surface area contributed by atoms with Crippen LogP contribution in [0.2, 0.25) is 0 Å². The fraction of sp³-hybridized carbons (Fsp3) is 0.800. The van der Waals surface area contributed by atoms with E-state index in [-0.39, 0.29) is 11.8 Å². The van der Waals surface area contributed by atoms with Crippen molar-refractivity contribution in [2.45, 2.75) is 45.3 Å². The normalized spacial score (nSPS) is 28.0. The molecule has 2 saturated heterocycles. The van der Waals surface area contributed by atoms with Crippen LogP contribution in [-0.4, -0.2) is 66.2 Å². The maximum atomic E-state index is 12.7. The summed E-state index contributed by atoms with van der Waals surface area (Å²) in [5, 5.41) is 2.32. The minimum absolute atomic E-state index is 0.134. The first kappa shape index (κ1) is 17.7. The number of carbonyl (C=O) groups is 3. The van der Waals surface area contributed by atoms with Crippen LogP contribution in [0, 0.1) is 5.92 Å². The largest absolute Gasteiger partial charge is 0.381 e. The Morgan fingerprint density at radius 2 is 2.17 bits per heavy atom. The molecule has 130 valence electrons. The zero-order valence-electron chi connectivity index (χ0n) is 13.8. The van der Waals surface area contributed by atoms with Gasteiger partial charge in [0.25, 0.3) is 5.91 Å². The summed E-state index contributed by atoms with van der Waals surface area (Å²) in [6.07, 6.45) is 1.52. The molecule has 4 amide bonds. The van der Waals surface area contributed by atoms with E-state index in [2.05, 4.69) is 5.32 Å². The molecule has 0 spiro atoms. The smallest absolute Gasteiger partial charge is 0.325 e. The maximum Gasteiger partial charge on any atom is 0.325 e. The molecule has 8 heteroatoms. The van der Waals surface area contributed by atoms with Crippen LogP contribution in [0.1, 0.15) is 33.1 Å². The highest BCUT2D eigenvalue weighted by Crippen LogP contribution is 2.21. The topological polar surface area (TPSA) is 105 Å². The Bertz CT molecular complexity index is 464. The van der Waals surface area contributed by atoms with Crippen LogP contribution in [0.15, 0.2) is 0 Å². The fourth-order valence-corrected chi connectivity index (χ4v) is 3.07.